The van der Waals surface area contributed by atoms with Gasteiger partial charge in [0.1, 0.15) is 0 Å². The first-order chi connectivity index (χ1) is 10.3. The predicted octanol–water partition coefficient (Wildman–Crippen LogP) is 3.36. The van der Waals surface area contributed by atoms with Crippen molar-refractivity contribution in [2.24, 2.45) is 0 Å². The predicted molar refractivity (Wildman–Crippen MR) is 85.9 cm³/mol. The Balaban J connectivity index is 1.75. The van der Waals surface area contributed by atoms with E-state index in [2.05, 4.69) is 60.1 Å². The molecule has 0 bridgehead atoms. The van der Waals surface area contributed by atoms with Crippen molar-refractivity contribution >= 4 is 0 Å². The van der Waals surface area contributed by atoms with Crippen LogP contribution in [0, 0.1) is 13.8 Å². The third-order valence-corrected chi connectivity index (χ3v) is 4.35. The van der Waals surface area contributed by atoms with Crippen molar-refractivity contribution in [2.75, 3.05) is 13.2 Å². The zero-order valence-electron chi connectivity index (χ0n) is 12.9. The van der Waals surface area contributed by atoms with Gasteiger partial charge in [0.15, 0.2) is 0 Å². The molecule has 3 nitrogen and oxygen atoms in total. The lowest BCUT2D eigenvalue weighted by Crippen LogP contribution is -2.34. The summed E-state index contributed by atoms with van der Waals surface area (Å²) >= 11 is 0. The van der Waals surface area contributed by atoms with E-state index in [9.17, 15) is 0 Å². The summed E-state index contributed by atoms with van der Waals surface area (Å²) in [5, 5.41) is 3.68. The Kier molecular flexibility index (Phi) is 4.42. The van der Waals surface area contributed by atoms with Crippen LogP contribution in [0.3, 0.4) is 0 Å². The standard InChI is InChI=1S/C18H24N2O/c1-14-12-16(13-19-17-8-10-21-11-9-17)15(2)20(14)18-6-4-3-5-7-18/h3-7,12,17,19H,8-11,13H2,1-2H3. The van der Waals surface area contributed by atoms with E-state index in [1.165, 1.54) is 22.6 Å². The molecule has 1 aromatic carbocycles. The van der Waals surface area contributed by atoms with Crippen molar-refractivity contribution in [1.29, 1.82) is 0 Å². The summed E-state index contributed by atoms with van der Waals surface area (Å²) in [5.74, 6) is 0. The molecule has 0 atom stereocenters. The van der Waals surface area contributed by atoms with Gasteiger partial charge in [-0.1, -0.05) is 18.2 Å². The average Bonchev–Trinajstić information content (AvgIpc) is 2.81. The highest BCUT2D eigenvalue weighted by molar-refractivity contribution is 5.40. The zero-order chi connectivity index (χ0) is 14.7. The maximum Gasteiger partial charge on any atom is 0.0480 e. The molecule has 21 heavy (non-hydrogen) atoms. The number of benzene rings is 1. The molecule has 1 saturated heterocycles. The van der Waals surface area contributed by atoms with Gasteiger partial charge in [-0.2, -0.15) is 0 Å². The number of aromatic nitrogens is 1. The van der Waals surface area contributed by atoms with Gasteiger partial charge in [-0.25, -0.2) is 0 Å². The van der Waals surface area contributed by atoms with Crippen molar-refractivity contribution in [3.63, 3.8) is 0 Å². The highest BCUT2D eigenvalue weighted by Crippen LogP contribution is 2.21. The molecule has 112 valence electrons. The number of hydrogen-bond acceptors (Lipinski definition) is 2. The third-order valence-electron chi connectivity index (χ3n) is 4.35. The minimum atomic E-state index is 0.596. The molecule has 3 rings (SSSR count). The third kappa shape index (κ3) is 3.20. The SMILES string of the molecule is Cc1cc(CNC2CCOCC2)c(C)n1-c1ccccc1. The molecule has 0 unspecified atom stereocenters. The van der Waals surface area contributed by atoms with E-state index in [-0.39, 0.29) is 0 Å². The van der Waals surface area contributed by atoms with Crippen LogP contribution in [-0.2, 0) is 11.3 Å². The first-order valence-electron chi connectivity index (χ1n) is 7.80. The number of nitrogens with one attached hydrogen (secondary N) is 1. The molecule has 1 N–H and O–H groups in total. The lowest BCUT2D eigenvalue weighted by molar-refractivity contribution is 0.0776. The van der Waals surface area contributed by atoms with Crippen molar-refractivity contribution in [2.45, 2.75) is 39.3 Å². The Morgan fingerprint density at radius 2 is 1.86 bits per heavy atom. The van der Waals surface area contributed by atoms with Gasteiger partial charge >= 0.3 is 0 Å². The Hall–Kier alpha value is -1.58. The number of hydrogen-bond donors (Lipinski definition) is 1. The lowest BCUT2D eigenvalue weighted by Gasteiger charge is -2.23. The van der Waals surface area contributed by atoms with Crippen LogP contribution in [0.15, 0.2) is 36.4 Å². The van der Waals surface area contributed by atoms with Gasteiger partial charge in [-0.05, 0) is 50.5 Å². The molecule has 1 aliphatic rings. The van der Waals surface area contributed by atoms with Crippen LogP contribution in [-0.4, -0.2) is 23.8 Å². The number of nitrogens with zero attached hydrogens (tertiary/aromatic N) is 1. The van der Waals surface area contributed by atoms with Crippen molar-refractivity contribution in [3.8, 4) is 5.69 Å². The highest BCUT2D eigenvalue weighted by atomic mass is 16.5. The van der Waals surface area contributed by atoms with E-state index in [4.69, 9.17) is 4.74 Å². The minimum Gasteiger partial charge on any atom is -0.381 e. The summed E-state index contributed by atoms with van der Waals surface area (Å²) in [4.78, 5) is 0. The number of ether oxygens (including phenoxy) is 1. The van der Waals surface area contributed by atoms with Crippen LogP contribution in [0.25, 0.3) is 5.69 Å². The van der Waals surface area contributed by atoms with E-state index in [0.29, 0.717) is 6.04 Å². The molecular weight excluding hydrogens is 260 g/mol. The second kappa shape index (κ2) is 6.46. The van der Waals surface area contributed by atoms with Crippen LogP contribution in [0.4, 0.5) is 0 Å². The molecule has 2 heterocycles. The first-order valence-corrected chi connectivity index (χ1v) is 7.80. The molecule has 1 aliphatic heterocycles. The van der Waals surface area contributed by atoms with E-state index >= 15 is 0 Å². The van der Waals surface area contributed by atoms with Crippen LogP contribution in [0.1, 0.15) is 29.8 Å². The molecule has 1 fully saturated rings. The maximum atomic E-state index is 5.41. The van der Waals surface area contributed by atoms with Gasteiger partial charge in [0.2, 0.25) is 0 Å². The van der Waals surface area contributed by atoms with Gasteiger partial charge in [0.25, 0.3) is 0 Å². The average molecular weight is 284 g/mol. The smallest absolute Gasteiger partial charge is 0.0480 e. The second-order valence-electron chi connectivity index (χ2n) is 5.83. The van der Waals surface area contributed by atoms with Crippen LogP contribution in [0.5, 0.6) is 0 Å². The Bertz CT molecular complexity index is 583. The molecule has 0 aliphatic carbocycles. The highest BCUT2D eigenvalue weighted by Gasteiger charge is 2.15. The zero-order valence-corrected chi connectivity index (χ0v) is 12.9. The molecule has 2 aromatic rings. The quantitative estimate of drug-likeness (QED) is 0.931. The van der Waals surface area contributed by atoms with Crippen LogP contribution in [0.2, 0.25) is 0 Å². The van der Waals surface area contributed by atoms with Crippen molar-refractivity contribution in [1.82, 2.24) is 9.88 Å². The molecule has 0 radical (unpaired) electrons. The van der Waals surface area contributed by atoms with Crippen LogP contribution < -0.4 is 5.32 Å². The van der Waals surface area contributed by atoms with E-state index in [1.807, 2.05) is 0 Å². The topological polar surface area (TPSA) is 26.2 Å². The normalized spacial score (nSPS) is 16.3. The molecule has 1 aromatic heterocycles. The fourth-order valence-corrected chi connectivity index (χ4v) is 3.14. The Labute approximate surface area is 126 Å². The largest absolute Gasteiger partial charge is 0.381 e. The first kappa shape index (κ1) is 14.4. The lowest BCUT2D eigenvalue weighted by atomic mass is 10.1. The van der Waals surface area contributed by atoms with E-state index < -0.39 is 0 Å². The summed E-state index contributed by atoms with van der Waals surface area (Å²) in [7, 11) is 0. The van der Waals surface area contributed by atoms with E-state index in [1.54, 1.807) is 0 Å². The molecule has 0 spiro atoms. The van der Waals surface area contributed by atoms with Crippen LogP contribution >= 0.6 is 0 Å². The van der Waals surface area contributed by atoms with Crippen molar-refractivity contribution in [3.05, 3.63) is 53.3 Å². The van der Waals surface area contributed by atoms with E-state index in [0.717, 1.165) is 32.6 Å². The summed E-state index contributed by atoms with van der Waals surface area (Å²) < 4.78 is 7.75. The molecular formula is C18H24N2O. The molecule has 0 amide bonds. The summed E-state index contributed by atoms with van der Waals surface area (Å²) in [5.41, 5.74) is 5.26. The Morgan fingerprint density at radius 3 is 2.57 bits per heavy atom. The summed E-state index contributed by atoms with van der Waals surface area (Å²) in [6.45, 7) is 7.11. The number of para-hydroxylation sites is 1. The fraction of sp³-hybridized carbons (Fsp3) is 0.444. The minimum absolute atomic E-state index is 0.596. The maximum absolute atomic E-state index is 5.41. The van der Waals surface area contributed by atoms with Gasteiger partial charge in [0, 0.05) is 42.9 Å². The molecule has 3 heteroatoms. The Morgan fingerprint density at radius 1 is 1.14 bits per heavy atom. The summed E-state index contributed by atoms with van der Waals surface area (Å²) in [6, 6.07) is 13.5. The molecule has 0 saturated carbocycles. The fourth-order valence-electron chi connectivity index (χ4n) is 3.14. The van der Waals surface area contributed by atoms with Crippen molar-refractivity contribution < 1.29 is 4.74 Å². The van der Waals surface area contributed by atoms with Gasteiger partial charge < -0.3 is 14.6 Å². The van der Waals surface area contributed by atoms with Gasteiger partial charge in [-0.15, -0.1) is 0 Å². The number of rotatable bonds is 4. The van der Waals surface area contributed by atoms with Gasteiger partial charge in [0.05, 0.1) is 0 Å². The summed E-state index contributed by atoms with van der Waals surface area (Å²) in [6.07, 6.45) is 2.24. The number of aryl methyl sites for hydroxylation is 1. The van der Waals surface area contributed by atoms with Gasteiger partial charge in [-0.3, -0.25) is 0 Å². The monoisotopic (exact) mass is 284 g/mol. The second-order valence-corrected chi connectivity index (χ2v) is 5.83.